The van der Waals surface area contributed by atoms with E-state index in [4.69, 9.17) is 0 Å². The summed E-state index contributed by atoms with van der Waals surface area (Å²) in [5.74, 6) is 0. The molecule has 0 radical (unpaired) electrons. The number of hydrogen-bond donors (Lipinski definition) is 0. The summed E-state index contributed by atoms with van der Waals surface area (Å²) in [5.41, 5.74) is -0.327. The van der Waals surface area contributed by atoms with Gasteiger partial charge in [0.1, 0.15) is 5.54 Å². The first kappa shape index (κ1) is 13.1. The summed E-state index contributed by atoms with van der Waals surface area (Å²) in [7, 11) is 0. The quantitative estimate of drug-likeness (QED) is 0.467. The summed E-state index contributed by atoms with van der Waals surface area (Å²) in [6, 6.07) is 0. The standard InChI is InChI=1S/C10H20BrNO/c1-3-5-7-10(9-11,12-13)8-6-4-2/h3-9H2,1-2H3. The summed E-state index contributed by atoms with van der Waals surface area (Å²) >= 11 is 3.40. The highest BCUT2D eigenvalue weighted by Gasteiger charge is 2.28. The maximum Gasteiger partial charge on any atom is 0.112 e. The fourth-order valence-corrected chi connectivity index (χ4v) is 2.05. The topological polar surface area (TPSA) is 29.4 Å². The Morgan fingerprint density at radius 1 is 1.15 bits per heavy atom. The van der Waals surface area contributed by atoms with Crippen LogP contribution in [0, 0.1) is 4.91 Å². The van der Waals surface area contributed by atoms with E-state index in [0.29, 0.717) is 5.33 Å². The van der Waals surface area contributed by atoms with Crippen LogP contribution in [0.5, 0.6) is 0 Å². The van der Waals surface area contributed by atoms with Crippen LogP contribution >= 0.6 is 15.9 Å². The van der Waals surface area contributed by atoms with Gasteiger partial charge in [0.25, 0.3) is 0 Å². The Kier molecular flexibility index (Phi) is 7.53. The number of halogens is 1. The average molecular weight is 250 g/mol. The number of nitroso groups, excluding NO2 is 1. The van der Waals surface area contributed by atoms with E-state index >= 15 is 0 Å². The van der Waals surface area contributed by atoms with E-state index in [1.165, 1.54) is 0 Å². The summed E-state index contributed by atoms with van der Waals surface area (Å²) in [5, 5.41) is 4.03. The average Bonchev–Trinajstić information content (AvgIpc) is 2.20. The summed E-state index contributed by atoms with van der Waals surface area (Å²) < 4.78 is 0. The van der Waals surface area contributed by atoms with E-state index in [1.54, 1.807) is 0 Å². The molecule has 0 saturated carbocycles. The molecule has 0 rings (SSSR count). The molecule has 0 unspecified atom stereocenters. The van der Waals surface area contributed by atoms with Crippen molar-refractivity contribution in [2.75, 3.05) is 5.33 Å². The normalized spacial score (nSPS) is 11.6. The van der Waals surface area contributed by atoms with Gasteiger partial charge in [0.05, 0.1) is 0 Å². The molecule has 0 amide bonds. The Balaban J connectivity index is 4.04. The first-order chi connectivity index (χ1) is 6.24. The van der Waals surface area contributed by atoms with Crippen LogP contribution in [-0.2, 0) is 0 Å². The Labute approximate surface area is 89.6 Å². The molecule has 0 aliphatic rings. The molecule has 0 aromatic heterocycles. The molecular formula is C10H20BrNO. The third kappa shape index (κ3) is 4.75. The van der Waals surface area contributed by atoms with Crippen molar-refractivity contribution in [2.24, 2.45) is 5.18 Å². The molecule has 0 aliphatic heterocycles. The van der Waals surface area contributed by atoms with Gasteiger partial charge in [-0.25, -0.2) is 0 Å². The van der Waals surface area contributed by atoms with Crippen molar-refractivity contribution in [3.63, 3.8) is 0 Å². The molecule has 0 spiro atoms. The second-order valence-electron chi connectivity index (χ2n) is 3.66. The monoisotopic (exact) mass is 249 g/mol. The van der Waals surface area contributed by atoms with Crippen molar-refractivity contribution < 1.29 is 0 Å². The van der Waals surface area contributed by atoms with E-state index < -0.39 is 0 Å². The third-order valence-corrected chi connectivity index (χ3v) is 3.48. The Morgan fingerprint density at radius 3 is 1.85 bits per heavy atom. The highest BCUT2D eigenvalue weighted by atomic mass is 79.9. The lowest BCUT2D eigenvalue weighted by atomic mass is 9.90. The van der Waals surface area contributed by atoms with Crippen molar-refractivity contribution in [1.29, 1.82) is 0 Å². The van der Waals surface area contributed by atoms with Crippen LogP contribution < -0.4 is 0 Å². The number of alkyl halides is 1. The van der Waals surface area contributed by atoms with E-state index in [0.717, 1.165) is 38.5 Å². The van der Waals surface area contributed by atoms with Crippen LogP contribution in [0.1, 0.15) is 52.4 Å². The molecule has 0 aromatic rings. The van der Waals surface area contributed by atoms with Gasteiger partial charge >= 0.3 is 0 Å². The number of nitrogens with zero attached hydrogens (tertiary/aromatic N) is 1. The Morgan fingerprint density at radius 2 is 1.62 bits per heavy atom. The van der Waals surface area contributed by atoms with Crippen LogP contribution in [0.4, 0.5) is 0 Å². The lowest BCUT2D eigenvalue weighted by Gasteiger charge is -2.23. The molecule has 0 aromatic carbocycles. The zero-order chi connectivity index (χ0) is 10.2. The molecule has 78 valence electrons. The second kappa shape index (κ2) is 7.48. The molecule has 0 fully saturated rings. The zero-order valence-electron chi connectivity index (χ0n) is 8.68. The molecule has 0 N–H and O–H groups in total. The van der Waals surface area contributed by atoms with Crippen LogP contribution in [0.3, 0.4) is 0 Å². The highest BCUT2D eigenvalue weighted by molar-refractivity contribution is 9.09. The lowest BCUT2D eigenvalue weighted by Crippen LogP contribution is -2.27. The fraction of sp³-hybridized carbons (Fsp3) is 1.00. The second-order valence-corrected chi connectivity index (χ2v) is 4.22. The molecule has 0 saturated heterocycles. The van der Waals surface area contributed by atoms with Crippen LogP contribution in [0.25, 0.3) is 0 Å². The summed E-state index contributed by atoms with van der Waals surface area (Å²) in [4.78, 5) is 10.8. The van der Waals surface area contributed by atoms with E-state index in [-0.39, 0.29) is 5.54 Å². The van der Waals surface area contributed by atoms with Gasteiger partial charge in [0.15, 0.2) is 0 Å². The van der Waals surface area contributed by atoms with Crippen molar-refractivity contribution in [2.45, 2.75) is 57.9 Å². The zero-order valence-corrected chi connectivity index (χ0v) is 10.3. The number of hydrogen-bond acceptors (Lipinski definition) is 2. The maximum atomic E-state index is 10.8. The number of rotatable bonds is 8. The van der Waals surface area contributed by atoms with E-state index in [1.807, 2.05) is 0 Å². The smallest absolute Gasteiger partial charge is 0.112 e. The Hall–Kier alpha value is 0.0800. The minimum absolute atomic E-state index is 0.327. The Bertz CT molecular complexity index is 131. The van der Waals surface area contributed by atoms with Crippen molar-refractivity contribution in [3.8, 4) is 0 Å². The molecule has 0 aliphatic carbocycles. The van der Waals surface area contributed by atoms with Gasteiger partial charge < -0.3 is 0 Å². The molecular weight excluding hydrogens is 230 g/mol. The van der Waals surface area contributed by atoms with Gasteiger partial charge in [0, 0.05) is 5.33 Å². The van der Waals surface area contributed by atoms with Crippen molar-refractivity contribution in [1.82, 2.24) is 0 Å². The van der Waals surface area contributed by atoms with Gasteiger partial charge in [-0.05, 0) is 12.8 Å². The minimum atomic E-state index is -0.327. The predicted molar refractivity (Wildman–Crippen MR) is 61.4 cm³/mol. The fourth-order valence-electron chi connectivity index (χ4n) is 1.39. The SMILES string of the molecule is CCCCC(CBr)(CCCC)N=O. The molecule has 0 bridgehead atoms. The molecule has 13 heavy (non-hydrogen) atoms. The maximum absolute atomic E-state index is 10.8. The first-order valence-electron chi connectivity index (χ1n) is 5.15. The lowest BCUT2D eigenvalue weighted by molar-refractivity contribution is 0.385. The van der Waals surface area contributed by atoms with Crippen LogP contribution in [0.15, 0.2) is 5.18 Å². The molecule has 3 heteroatoms. The van der Waals surface area contributed by atoms with Gasteiger partial charge in [0.2, 0.25) is 0 Å². The molecule has 0 heterocycles. The summed E-state index contributed by atoms with van der Waals surface area (Å²) in [6.07, 6.45) is 6.32. The van der Waals surface area contributed by atoms with Crippen molar-refractivity contribution >= 4 is 15.9 Å². The largest absolute Gasteiger partial charge is 0.150 e. The van der Waals surface area contributed by atoms with Crippen LogP contribution in [-0.4, -0.2) is 10.9 Å². The minimum Gasteiger partial charge on any atom is -0.150 e. The molecule has 2 nitrogen and oxygen atoms in total. The highest BCUT2D eigenvalue weighted by Crippen LogP contribution is 2.27. The van der Waals surface area contributed by atoms with Crippen LogP contribution in [0.2, 0.25) is 0 Å². The number of unbranched alkanes of at least 4 members (excludes halogenated alkanes) is 2. The van der Waals surface area contributed by atoms with Gasteiger partial charge in [-0.2, -0.15) is 4.91 Å². The third-order valence-electron chi connectivity index (χ3n) is 2.43. The van der Waals surface area contributed by atoms with Gasteiger partial charge in [-0.3, -0.25) is 0 Å². The van der Waals surface area contributed by atoms with Crippen molar-refractivity contribution in [3.05, 3.63) is 4.91 Å². The first-order valence-corrected chi connectivity index (χ1v) is 6.27. The summed E-state index contributed by atoms with van der Waals surface area (Å²) in [6.45, 7) is 4.28. The predicted octanol–water partition coefficient (Wildman–Crippen LogP) is 4.27. The van der Waals surface area contributed by atoms with E-state index in [2.05, 4.69) is 35.0 Å². The van der Waals surface area contributed by atoms with E-state index in [9.17, 15) is 4.91 Å². The van der Waals surface area contributed by atoms with Gasteiger partial charge in [-0.15, -0.1) is 0 Å². The molecule has 0 atom stereocenters. The van der Waals surface area contributed by atoms with Gasteiger partial charge in [-0.1, -0.05) is 60.6 Å².